The topological polar surface area (TPSA) is 20.5 Å². The zero-order chi connectivity index (χ0) is 10.7. The van der Waals surface area contributed by atoms with Crippen molar-refractivity contribution < 1.29 is 0 Å². The van der Waals surface area contributed by atoms with Crippen molar-refractivity contribution in [2.45, 2.75) is 18.4 Å². The van der Waals surface area contributed by atoms with E-state index in [4.69, 9.17) is 6.57 Å². The molecule has 1 saturated heterocycles. The number of nitrogens with zero attached hydrogens (tertiary/aromatic N) is 3. The minimum absolute atomic E-state index is 0.296. The SMILES string of the molecule is [C-]#[N+]C1(c2ccncc2)CCN(C)CC1. The molecule has 0 bridgehead atoms. The van der Waals surface area contributed by atoms with Crippen LogP contribution in [0.25, 0.3) is 4.85 Å². The van der Waals surface area contributed by atoms with Gasteiger partial charge in [-0.25, -0.2) is 6.57 Å². The Labute approximate surface area is 90.6 Å². The highest BCUT2D eigenvalue weighted by molar-refractivity contribution is 5.26. The van der Waals surface area contributed by atoms with Crippen LogP contribution in [0.15, 0.2) is 24.5 Å². The van der Waals surface area contributed by atoms with Crippen LogP contribution in [-0.4, -0.2) is 30.0 Å². The smallest absolute Gasteiger partial charge is 0.260 e. The molecule has 0 aliphatic carbocycles. The Morgan fingerprint density at radius 2 is 1.93 bits per heavy atom. The fourth-order valence-electron chi connectivity index (χ4n) is 2.12. The van der Waals surface area contributed by atoms with Crippen LogP contribution < -0.4 is 0 Å². The molecule has 1 fully saturated rings. The molecule has 15 heavy (non-hydrogen) atoms. The fourth-order valence-corrected chi connectivity index (χ4v) is 2.12. The fraction of sp³-hybridized carbons (Fsp3) is 0.500. The summed E-state index contributed by atoms with van der Waals surface area (Å²) >= 11 is 0. The minimum Gasteiger partial charge on any atom is -0.306 e. The van der Waals surface area contributed by atoms with Gasteiger partial charge in [0.05, 0.1) is 0 Å². The van der Waals surface area contributed by atoms with Crippen molar-refractivity contribution in [2.24, 2.45) is 0 Å². The Bertz CT molecular complexity index is 358. The van der Waals surface area contributed by atoms with Crippen molar-refractivity contribution in [2.75, 3.05) is 20.1 Å². The standard InChI is InChI=1S/C12H15N3/c1-13-12(5-9-15(2)10-6-12)11-3-7-14-8-4-11/h3-4,7-8H,5-6,9-10H2,2H3. The maximum atomic E-state index is 7.43. The van der Waals surface area contributed by atoms with Gasteiger partial charge in [0.25, 0.3) is 5.54 Å². The summed E-state index contributed by atoms with van der Waals surface area (Å²) in [7, 11) is 2.11. The van der Waals surface area contributed by atoms with Crippen LogP contribution in [-0.2, 0) is 5.54 Å². The molecule has 0 saturated carbocycles. The summed E-state index contributed by atoms with van der Waals surface area (Å²) in [4.78, 5) is 10.2. The molecule has 1 aromatic heterocycles. The number of aromatic nitrogens is 1. The first kappa shape index (κ1) is 10.1. The summed E-state index contributed by atoms with van der Waals surface area (Å²) in [6, 6.07) is 3.95. The van der Waals surface area contributed by atoms with Crippen molar-refractivity contribution in [3.05, 3.63) is 41.5 Å². The van der Waals surface area contributed by atoms with E-state index in [1.807, 2.05) is 12.1 Å². The molecule has 0 aromatic carbocycles. The maximum absolute atomic E-state index is 7.43. The van der Waals surface area contributed by atoms with Gasteiger partial charge in [0.2, 0.25) is 0 Å². The van der Waals surface area contributed by atoms with Gasteiger partial charge in [-0.2, -0.15) is 0 Å². The number of piperidine rings is 1. The van der Waals surface area contributed by atoms with Gasteiger partial charge in [0.15, 0.2) is 0 Å². The van der Waals surface area contributed by atoms with Crippen molar-refractivity contribution in [3.63, 3.8) is 0 Å². The molecule has 3 heteroatoms. The van der Waals surface area contributed by atoms with Gasteiger partial charge in [0.1, 0.15) is 0 Å². The molecular formula is C12H15N3. The summed E-state index contributed by atoms with van der Waals surface area (Å²) in [5.74, 6) is 0. The normalized spacial score (nSPS) is 20.8. The van der Waals surface area contributed by atoms with Gasteiger partial charge >= 0.3 is 0 Å². The largest absolute Gasteiger partial charge is 0.306 e. The van der Waals surface area contributed by atoms with E-state index in [-0.39, 0.29) is 5.54 Å². The van der Waals surface area contributed by atoms with Crippen LogP contribution in [0.3, 0.4) is 0 Å². The van der Waals surface area contributed by atoms with Gasteiger partial charge in [-0.15, -0.1) is 0 Å². The second-order valence-electron chi connectivity index (χ2n) is 4.18. The van der Waals surface area contributed by atoms with Crippen LogP contribution in [0.5, 0.6) is 0 Å². The van der Waals surface area contributed by atoms with E-state index in [0.29, 0.717) is 0 Å². The van der Waals surface area contributed by atoms with Crippen molar-refractivity contribution in [3.8, 4) is 0 Å². The third-order valence-electron chi connectivity index (χ3n) is 3.25. The monoisotopic (exact) mass is 201 g/mol. The van der Waals surface area contributed by atoms with Crippen molar-refractivity contribution in [1.82, 2.24) is 9.88 Å². The zero-order valence-electron chi connectivity index (χ0n) is 8.98. The quantitative estimate of drug-likeness (QED) is 0.647. The van der Waals surface area contributed by atoms with E-state index >= 15 is 0 Å². The summed E-state index contributed by atoms with van der Waals surface area (Å²) in [6.45, 7) is 9.44. The third-order valence-corrected chi connectivity index (χ3v) is 3.25. The van der Waals surface area contributed by atoms with E-state index in [1.165, 1.54) is 0 Å². The number of hydrogen-bond acceptors (Lipinski definition) is 2. The molecule has 1 aromatic rings. The minimum atomic E-state index is -0.296. The molecule has 2 heterocycles. The molecule has 78 valence electrons. The lowest BCUT2D eigenvalue weighted by atomic mass is 9.82. The first-order valence-electron chi connectivity index (χ1n) is 5.24. The molecule has 2 rings (SSSR count). The summed E-state index contributed by atoms with van der Waals surface area (Å²) < 4.78 is 0. The van der Waals surface area contributed by atoms with Crippen LogP contribution in [0.1, 0.15) is 18.4 Å². The van der Waals surface area contributed by atoms with E-state index in [1.54, 1.807) is 12.4 Å². The molecule has 0 spiro atoms. The third kappa shape index (κ3) is 1.86. The van der Waals surface area contributed by atoms with Crippen LogP contribution in [0, 0.1) is 6.57 Å². The van der Waals surface area contributed by atoms with Gasteiger partial charge in [0, 0.05) is 43.9 Å². The van der Waals surface area contributed by atoms with E-state index in [0.717, 1.165) is 31.5 Å². The van der Waals surface area contributed by atoms with Crippen LogP contribution in [0.2, 0.25) is 0 Å². The lowest BCUT2D eigenvalue weighted by Crippen LogP contribution is -2.38. The molecule has 1 aliphatic rings. The lowest BCUT2D eigenvalue weighted by molar-refractivity contribution is 0.216. The Morgan fingerprint density at radius 3 is 2.47 bits per heavy atom. The first-order valence-corrected chi connectivity index (χ1v) is 5.24. The lowest BCUT2D eigenvalue weighted by Gasteiger charge is -2.31. The summed E-state index contributed by atoms with van der Waals surface area (Å²) in [5.41, 5.74) is 0.829. The Morgan fingerprint density at radius 1 is 1.33 bits per heavy atom. The average Bonchev–Trinajstić information content (AvgIpc) is 2.32. The Hall–Kier alpha value is -1.40. The van der Waals surface area contributed by atoms with E-state index < -0.39 is 0 Å². The van der Waals surface area contributed by atoms with Gasteiger partial charge in [-0.3, -0.25) is 4.98 Å². The van der Waals surface area contributed by atoms with E-state index in [2.05, 4.69) is 21.8 Å². The maximum Gasteiger partial charge on any atom is 0.260 e. The molecule has 0 N–H and O–H groups in total. The summed E-state index contributed by atoms with van der Waals surface area (Å²) in [6.07, 6.45) is 5.41. The van der Waals surface area contributed by atoms with Crippen LogP contribution in [0.4, 0.5) is 0 Å². The molecule has 0 atom stereocenters. The number of rotatable bonds is 1. The first-order chi connectivity index (χ1) is 7.27. The van der Waals surface area contributed by atoms with Gasteiger partial charge < -0.3 is 9.74 Å². The van der Waals surface area contributed by atoms with E-state index in [9.17, 15) is 0 Å². The second-order valence-corrected chi connectivity index (χ2v) is 4.18. The highest BCUT2D eigenvalue weighted by Crippen LogP contribution is 2.36. The summed E-state index contributed by atoms with van der Waals surface area (Å²) in [5, 5.41) is 0. The highest BCUT2D eigenvalue weighted by Gasteiger charge is 2.41. The van der Waals surface area contributed by atoms with Gasteiger partial charge in [-0.1, -0.05) is 0 Å². The zero-order valence-corrected chi connectivity index (χ0v) is 8.98. The number of pyridine rings is 1. The number of likely N-dealkylation sites (tertiary alicyclic amines) is 1. The molecule has 0 unspecified atom stereocenters. The Balaban J connectivity index is 2.28. The van der Waals surface area contributed by atoms with Crippen molar-refractivity contribution >= 4 is 0 Å². The van der Waals surface area contributed by atoms with Gasteiger partial charge in [-0.05, 0) is 19.2 Å². The second kappa shape index (κ2) is 4.00. The van der Waals surface area contributed by atoms with Crippen molar-refractivity contribution in [1.29, 1.82) is 0 Å². The Kier molecular flexibility index (Phi) is 2.70. The highest BCUT2D eigenvalue weighted by atomic mass is 15.1. The predicted molar refractivity (Wildman–Crippen MR) is 59.2 cm³/mol. The average molecular weight is 201 g/mol. The number of hydrogen-bond donors (Lipinski definition) is 0. The molecule has 1 aliphatic heterocycles. The molecular weight excluding hydrogens is 186 g/mol. The predicted octanol–water partition coefficient (Wildman–Crippen LogP) is 1.92. The molecule has 0 amide bonds. The molecule has 3 nitrogen and oxygen atoms in total. The van der Waals surface area contributed by atoms with Crippen LogP contribution >= 0.6 is 0 Å². The molecule has 0 radical (unpaired) electrons.